The molecule has 0 radical (unpaired) electrons. The molecule has 178 valence electrons. The average molecular weight is 492 g/mol. The summed E-state index contributed by atoms with van der Waals surface area (Å²) in [5.41, 5.74) is 9.93. The molecule has 6 rings (SSSR count). The average Bonchev–Trinajstić information content (AvgIpc) is 3.53. The summed E-state index contributed by atoms with van der Waals surface area (Å²) >= 11 is 1.84. The fourth-order valence-corrected chi connectivity index (χ4v) is 6.40. The van der Waals surface area contributed by atoms with E-state index in [1.807, 2.05) is 23.5 Å². The summed E-state index contributed by atoms with van der Waals surface area (Å²) in [6, 6.07) is 18.2. The Morgan fingerprint density at radius 1 is 0.944 bits per heavy atom. The van der Waals surface area contributed by atoms with Gasteiger partial charge in [-0.25, -0.2) is 9.97 Å². The highest BCUT2D eigenvalue weighted by molar-refractivity contribution is 7.15. The maximum Gasteiger partial charge on any atom is 0.227 e. The van der Waals surface area contributed by atoms with Gasteiger partial charge in [-0.15, -0.1) is 11.3 Å². The van der Waals surface area contributed by atoms with E-state index in [4.69, 9.17) is 9.40 Å². The number of aryl methyl sites for hydroxylation is 2. The molecule has 0 spiro atoms. The Labute approximate surface area is 213 Å². The highest BCUT2D eigenvalue weighted by Crippen LogP contribution is 2.40. The zero-order valence-electron chi connectivity index (χ0n) is 20.3. The zero-order valence-corrected chi connectivity index (χ0v) is 21.1. The number of rotatable bonds is 4. The van der Waals surface area contributed by atoms with E-state index in [1.54, 1.807) is 12.1 Å². The lowest BCUT2D eigenvalue weighted by Gasteiger charge is -2.14. The lowest BCUT2D eigenvalue weighted by atomic mass is 9.91. The van der Waals surface area contributed by atoms with Gasteiger partial charge in [-0.3, -0.25) is 0 Å². The smallest absolute Gasteiger partial charge is 0.227 e. The monoisotopic (exact) mass is 491 g/mol. The van der Waals surface area contributed by atoms with Crippen molar-refractivity contribution in [2.75, 3.05) is 0 Å². The van der Waals surface area contributed by atoms with Gasteiger partial charge in [0.15, 0.2) is 5.58 Å². The van der Waals surface area contributed by atoms with Gasteiger partial charge in [-0.2, -0.15) is 5.26 Å². The summed E-state index contributed by atoms with van der Waals surface area (Å²) in [6.07, 6.45) is 4.72. The molecule has 0 aliphatic heterocycles. The first-order chi connectivity index (χ1) is 17.6. The molecule has 1 aliphatic carbocycles. The molecule has 0 atom stereocenters. The molecule has 36 heavy (non-hydrogen) atoms. The van der Waals surface area contributed by atoms with Gasteiger partial charge in [0.25, 0.3) is 0 Å². The Bertz CT molecular complexity index is 1650. The molecule has 2 aromatic heterocycles. The van der Waals surface area contributed by atoms with Crippen LogP contribution in [-0.2, 0) is 19.4 Å². The maximum absolute atomic E-state index is 9.56. The zero-order chi connectivity index (χ0) is 24.8. The molecule has 0 saturated heterocycles. The summed E-state index contributed by atoms with van der Waals surface area (Å²) in [6.45, 7) is 4.10. The number of hydrogen-bond acceptors (Lipinski definition) is 6. The van der Waals surface area contributed by atoms with Crippen LogP contribution in [-0.4, -0.2) is 15.1 Å². The standard InChI is InChI=1S/C30H25N3O2S/c1-17-21(22-8-6-10-24(18(22)2)30-33-25-11-3-4-12-27(25)36-30)7-5-9-23(17)29-32-26-14-19(16-34)13-20(15-31)28(26)35-29/h5-10,13-14,34H,3-4,11-12,16H2,1-2H3. The van der Waals surface area contributed by atoms with Crippen molar-refractivity contribution in [2.45, 2.75) is 46.1 Å². The van der Waals surface area contributed by atoms with Crippen molar-refractivity contribution in [3.63, 3.8) is 0 Å². The molecule has 1 aliphatic rings. The second-order valence-electron chi connectivity index (χ2n) is 9.33. The van der Waals surface area contributed by atoms with Crippen LogP contribution in [0, 0.1) is 25.2 Å². The minimum Gasteiger partial charge on any atom is -0.435 e. The molecule has 0 fully saturated rings. The molecule has 0 saturated carbocycles. The molecule has 3 aromatic carbocycles. The molecule has 6 heteroatoms. The largest absolute Gasteiger partial charge is 0.435 e. The topological polar surface area (TPSA) is 82.9 Å². The maximum atomic E-state index is 9.56. The van der Waals surface area contributed by atoms with E-state index in [-0.39, 0.29) is 6.61 Å². The van der Waals surface area contributed by atoms with Gasteiger partial charge in [-0.1, -0.05) is 30.3 Å². The van der Waals surface area contributed by atoms with Crippen LogP contribution < -0.4 is 0 Å². The van der Waals surface area contributed by atoms with E-state index in [1.165, 1.54) is 34.5 Å². The van der Waals surface area contributed by atoms with Crippen molar-refractivity contribution in [3.8, 4) is 39.2 Å². The number of aromatic nitrogens is 2. The molecule has 0 bridgehead atoms. The molecule has 2 heterocycles. The van der Waals surface area contributed by atoms with Crippen molar-refractivity contribution in [1.82, 2.24) is 9.97 Å². The van der Waals surface area contributed by atoms with Crippen molar-refractivity contribution >= 4 is 22.4 Å². The molecule has 0 unspecified atom stereocenters. The minimum absolute atomic E-state index is 0.154. The summed E-state index contributed by atoms with van der Waals surface area (Å²) in [5.74, 6) is 0.470. The second-order valence-corrected chi connectivity index (χ2v) is 10.4. The van der Waals surface area contributed by atoms with E-state index in [2.05, 4.69) is 49.2 Å². The van der Waals surface area contributed by atoms with Crippen LogP contribution >= 0.6 is 11.3 Å². The van der Waals surface area contributed by atoms with Crippen molar-refractivity contribution < 1.29 is 9.52 Å². The van der Waals surface area contributed by atoms with Crippen LogP contribution in [0.2, 0.25) is 0 Å². The highest BCUT2D eigenvalue weighted by Gasteiger charge is 2.20. The number of nitrogens with zero attached hydrogens (tertiary/aromatic N) is 3. The Hall–Kier alpha value is -3.79. The number of nitriles is 1. The summed E-state index contributed by atoms with van der Waals surface area (Å²) in [4.78, 5) is 11.1. The molecule has 0 amide bonds. The van der Waals surface area contributed by atoms with Crippen LogP contribution in [0.1, 0.15) is 45.7 Å². The fraction of sp³-hybridized carbons (Fsp3) is 0.233. The van der Waals surface area contributed by atoms with Gasteiger partial charge in [0, 0.05) is 16.0 Å². The van der Waals surface area contributed by atoms with E-state index >= 15 is 0 Å². The van der Waals surface area contributed by atoms with Crippen molar-refractivity contribution in [3.05, 3.63) is 81.4 Å². The van der Waals surface area contributed by atoms with E-state index < -0.39 is 0 Å². The first kappa shape index (κ1) is 22.7. The van der Waals surface area contributed by atoms with E-state index in [9.17, 15) is 10.4 Å². The van der Waals surface area contributed by atoms with Crippen LogP contribution in [0.5, 0.6) is 0 Å². The van der Waals surface area contributed by atoms with Gasteiger partial charge < -0.3 is 9.52 Å². The lowest BCUT2D eigenvalue weighted by molar-refractivity contribution is 0.282. The Morgan fingerprint density at radius 3 is 2.36 bits per heavy atom. The Kier molecular flexibility index (Phi) is 5.67. The SMILES string of the molecule is Cc1c(-c2nc3cc(CO)cc(C#N)c3o2)cccc1-c1cccc(-c2nc3c(s2)CCCC3)c1C. The van der Waals surface area contributed by atoms with Crippen LogP contribution in [0.15, 0.2) is 52.9 Å². The highest BCUT2D eigenvalue weighted by atomic mass is 32.1. The van der Waals surface area contributed by atoms with Gasteiger partial charge in [0.05, 0.1) is 17.9 Å². The minimum atomic E-state index is -0.154. The van der Waals surface area contributed by atoms with Gasteiger partial charge in [0.2, 0.25) is 5.89 Å². The van der Waals surface area contributed by atoms with Gasteiger partial charge in [0.1, 0.15) is 16.6 Å². The number of aliphatic hydroxyl groups excluding tert-OH is 1. The second kappa shape index (κ2) is 9.02. The Morgan fingerprint density at radius 2 is 1.64 bits per heavy atom. The third-order valence-electron chi connectivity index (χ3n) is 7.12. The molecule has 5 aromatic rings. The quantitative estimate of drug-likeness (QED) is 0.289. The number of aliphatic hydroxyl groups is 1. The first-order valence-corrected chi connectivity index (χ1v) is 13.0. The van der Waals surface area contributed by atoms with E-state index in [0.717, 1.165) is 40.1 Å². The summed E-state index contributed by atoms with van der Waals surface area (Å²) < 4.78 is 6.09. The fourth-order valence-electron chi connectivity index (χ4n) is 5.17. The molecule has 5 nitrogen and oxygen atoms in total. The number of fused-ring (bicyclic) bond motifs is 2. The van der Waals surface area contributed by atoms with Crippen LogP contribution in [0.3, 0.4) is 0 Å². The van der Waals surface area contributed by atoms with Crippen molar-refractivity contribution in [2.24, 2.45) is 0 Å². The predicted octanol–water partition coefficient (Wildman–Crippen LogP) is 7.14. The van der Waals surface area contributed by atoms with Crippen molar-refractivity contribution in [1.29, 1.82) is 5.26 Å². The van der Waals surface area contributed by atoms with Gasteiger partial charge >= 0.3 is 0 Å². The number of oxazole rings is 1. The van der Waals surface area contributed by atoms with Crippen LogP contribution in [0.25, 0.3) is 44.3 Å². The third kappa shape index (κ3) is 3.72. The predicted molar refractivity (Wildman–Crippen MR) is 143 cm³/mol. The number of benzene rings is 3. The van der Waals surface area contributed by atoms with Crippen LogP contribution in [0.4, 0.5) is 0 Å². The summed E-state index contributed by atoms with van der Waals surface area (Å²) in [5, 5.41) is 20.2. The lowest BCUT2D eigenvalue weighted by Crippen LogP contribution is -1.99. The molecular formula is C30H25N3O2S. The number of thiazole rings is 1. The first-order valence-electron chi connectivity index (χ1n) is 12.2. The normalized spacial score (nSPS) is 13.1. The number of hydrogen-bond donors (Lipinski definition) is 1. The molecular weight excluding hydrogens is 466 g/mol. The summed E-state index contributed by atoms with van der Waals surface area (Å²) in [7, 11) is 0. The third-order valence-corrected chi connectivity index (χ3v) is 8.31. The Balaban J connectivity index is 1.45. The van der Waals surface area contributed by atoms with E-state index in [0.29, 0.717) is 28.1 Å². The van der Waals surface area contributed by atoms with Gasteiger partial charge in [-0.05, 0) is 85.5 Å². The molecule has 1 N–H and O–H groups in total.